The Bertz CT molecular complexity index is 726. The number of carbonyl (C=O) groups is 2. The maximum atomic E-state index is 12.6. The lowest BCUT2D eigenvalue weighted by Gasteiger charge is -2.32. The van der Waals surface area contributed by atoms with Crippen LogP contribution in [0.25, 0.3) is 0 Å². The predicted octanol–water partition coefficient (Wildman–Crippen LogP) is 2.69. The van der Waals surface area contributed by atoms with Crippen molar-refractivity contribution in [2.45, 2.75) is 52.3 Å². The van der Waals surface area contributed by atoms with Crippen molar-refractivity contribution in [1.29, 1.82) is 0 Å². The van der Waals surface area contributed by atoms with Crippen molar-refractivity contribution in [2.24, 2.45) is 5.92 Å². The number of amides is 2. The largest absolute Gasteiger partial charge is 0.481 e. The van der Waals surface area contributed by atoms with Gasteiger partial charge in [0.2, 0.25) is 5.91 Å². The number of halogens is 2. The third kappa shape index (κ3) is 8.08. The quantitative estimate of drug-likeness (QED) is 0.547. The number of carbonyl (C=O) groups excluding carboxylic acids is 2. The molecule has 3 N–H and O–H groups in total. The van der Waals surface area contributed by atoms with Gasteiger partial charge in [-0.3, -0.25) is 9.59 Å². The standard InChI is InChI=1S/C20H30BCl2N3O4/c1-12(2)7-18(21-29-13(3)9-24-10-14(4)30-21)26-19(27)11-25-20(28)16-8-15(22)5-6-17(16)23/h5-6,8,12-14,18,24H,7,9-11H2,1-4H3,(H,25,28)(H,26,27). The van der Waals surface area contributed by atoms with Crippen LogP contribution in [0.4, 0.5) is 0 Å². The van der Waals surface area contributed by atoms with Gasteiger partial charge in [0.1, 0.15) is 0 Å². The van der Waals surface area contributed by atoms with Crippen LogP contribution in [0.5, 0.6) is 0 Å². The summed E-state index contributed by atoms with van der Waals surface area (Å²) < 4.78 is 12.1. The van der Waals surface area contributed by atoms with Gasteiger partial charge in [-0.15, -0.1) is 0 Å². The molecule has 0 saturated carbocycles. The topological polar surface area (TPSA) is 88.7 Å². The van der Waals surface area contributed by atoms with Crippen molar-refractivity contribution in [3.63, 3.8) is 0 Å². The second-order valence-electron chi connectivity index (χ2n) is 8.03. The molecule has 0 aliphatic carbocycles. The van der Waals surface area contributed by atoms with E-state index in [1.54, 1.807) is 6.07 Å². The second kappa shape index (κ2) is 11.9. The van der Waals surface area contributed by atoms with Gasteiger partial charge in [-0.05, 0) is 44.4 Å². The predicted molar refractivity (Wildman–Crippen MR) is 120 cm³/mol. The highest BCUT2D eigenvalue weighted by Gasteiger charge is 2.36. The molecule has 1 aliphatic rings. The lowest BCUT2D eigenvalue weighted by molar-refractivity contribution is -0.120. The van der Waals surface area contributed by atoms with Crippen molar-refractivity contribution >= 4 is 42.1 Å². The highest BCUT2D eigenvalue weighted by Crippen LogP contribution is 2.20. The molecule has 1 aromatic rings. The number of nitrogens with one attached hydrogen (secondary N) is 3. The molecule has 0 aromatic heterocycles. The van der Waals surface area contributed by atoms with E-state index in [0.29, 0.717) is 30.5 Å². The molecule has 30 heavy (non-hydrogen) atoms. The van der Waals surface area contributed by atoms with E-state index >= 15 is 0 Å². The summed E-state index contributed by atoms with van der Waals surface area (Å²) in [6.45, 7) is 9.28. The van der Waals surface area contributed by atoms with Crippen LogP contribution in [0.15, 0.2) is 18.2 Å². The summed E-state index contributed by atoms with van der Waals surface area (Å²) in [5.74, 6) is -0.826. The maximum absolute atomic E-state index is 12.6. The molecular weight excluding hydrogens is 428 g/mol. The monoisotopic (exact) mass is 457 g/mol. The van der Waals surface area contributed by atoms with E-state index < -0.39 is 13.0 Å². The van der Waals surface area contributed by atoms with Gasteiger partial charge in [-0.2, -0.15) is 0 Å². The van der Waals surface area contributed by atoms with E-state index in [0.717, 1.165) is 0 Å². The highest BCUT2D eigenvalue weighted by atomic mass is 35.5. The van der Waals surface area contributed by atoms with Crippen LogP contribution in [0.3, 0.4) is 0 Å². The molecule has 7 nitrogen and oxygen atoms in total. The third-order valence-electron chi connectivity index (χ3n) is 4.58. The third-order valence-corrected chi connectivity index (χ3v) is 5.14. The minimum absolute atomic E-state index is 0.0567. The Kier molecular flexibility index (Phi) is 9.91. The molecule has 0 spiro atoms. The van der Waals surface area contributed by atoms with E-state index in [4.69, 9.17) is 32.5 Å². The molecular formula is C20H30BCl2N3O4. The average Bonchev–Trinajstić information content (AvgIpc) is 2.65. The molecule has 1 saturated heterocycles. The van der Waals surface area contributed by atoms with Gasteiger partial charge >= 0.3 is 7.12 Å². The first kappa shape index (κ1) is 24.9. The molecule has 1 fully saturated rings. The van der Waals surface area contributed by atoms with Crippen molar-refractivity contribution in [3.05, 3.63) is 33.8 Å². The Morgan fingerprint density at radius 2 is 1.83 bits per heavy atom. The molecule has 166 valence electrons. The zero-order valence-corrected chi connectivity index (χ0v) is 19.3. The molecule has 1 heterocycles. The molecule has 3 unspecified atom stereocenters. The molecule has 0 bridgehead atoms. The van der Waals surface area contributed by atoms with Gasteiger partial charge in [0.15, 0.2) is 0 Å². The zero-order chi connectivity index (χ0) is 22.3. The Labute approximate surface area is 188 Å². The SMILES string of the molecule is CC(C)CC(NC(=O)CNC(=O)c1cc(Cl)ccc1Cl)B1OC(C)CNCC(C)O1. The van der Waals surface area contributed by atoms with E-state index in [9.17, 15) is 9.59 Å². The fourth-order valence-electron chi connectivity index (χ4n) is 3.20. The second-order valence-corrected chi connectivity index (χ2v) is 8.87. The Morgan fingerprint density at radius 3 is 2.43 bits per heavy atom. The molecule has 0 radical (unpaired) electrons. The molecule has 10 heteroatoms. The van der Waals surface area contributed by atoms with E-state index in [2.05, 4.69) is 29.8 Å². The molecule has 3 atom stereocenters. The van der Waals surface area contributed by atoms with Gasteiger partial charge in [0.05, 0.1) is 35.3 Å². The minimum Gasteiger partial charge on any atom is -0.406 e. The summed E-state index contributed by atoms with van der Waals surface area (Å²) in [4.78, 5) is 24.9. The van der Waals surface area contributed by atoms with E-state index in [-0.39, 0.29) is 41.2 Å². The van der Waals surface area contributed by atoms with E-state index in [1.807, 2.05) is 13.8 Å². The average molecular weight is 458 g/mol. The van der Waals surface area contributed by atoms with E-state index in [1.165, 1.54) is 12.1 Å². The van der Waals surface area contributed by atoms with Crippen molar-refractivity contribution < 1.29 is 18.9 Å². The van der Waals surface area contributed by atoms with Crippen molar-refractivity contribution in [3.8, 4) is 0 Å². The lowest BCUT2D eigenvalue weighted by atomic mass is 9.73. The Hall–Kier alpha value is -1.32. The van der Waals surface area contributed by atoms with Crippen LogP contribution >= 0.6 is 23.2 Å². The van der Waals surface area contributed by atoms with Crippen LogP contribution in [0.1, 0.15) is 44.5 Å². The summed E-state index contributed by atoms with van der Waals surface area (Å²) in [6.07, 6.45) is 0.564. The smallest absolute Gasteiger partial charge is 0.406 e. The summed E-state index contributed by atoms with van der Waals surface area (Å²) in [5, 5.41) is 9.48. The molecule has 2 amide bonds. The first-order valence-corrected chi connectivity index (χ1v) is 11.0. The fourth-order valence-corrected chi connectivity index (χ4v) is 3.57. The molecule has 1 aliphatic heterocycles. The normalized spacial score (nSPS) is 21.0. The van der Waals surface area contributed by atoms with Crippen LogP contribution in [-0.4, -0.2) is 56.7 Å². The first-order chi connectivity index (χ1) is 14.2. The maximum Gasteiger partial charge on any atom is 0.481 e. The van der Waals surface area contributed by atoms with Crippen molar-refractivity contribution in [2.75, 3.05) is 19.6 Å². The minimum atomic E-state index is -0.568. The fraction of sp³-hybridized carbons (Fsp3) is 0.600. The Morgan fingerprint density at radius 1 is 1.20 bits per heavy atom. The van der Waals surface area contributed by atoms with Crippen molar-refractivity contribution in [1.82, 2.24) is 16.0 Å². The van der Waals surface area contributed by atoms with Gasteiger partial charge in [0, 0.05) is 18.1 Å². The van der Waals surface area contributed by atoms with Gasteiger partial charge in [0.25, 0.3) is 5.91 Å². The summed E-state index contributed by atoms with van der Waals surface area (Å²) in [7, 11) is -0.568. The Balaban J connectivity index is 2.00. The number of hydrogen-bond donors (Lipinski definition) is 3. The summed E-state index contributed by atoms with van der Waals surface area (Å²) in [5.41, 5.74) is 0.220. The number of benzene rings is 1. The number of rotatable bonds is 7. The van der Waals surface area contributed by atoms with Gasteiger partial charge < -0.3 is 25.3 Å². The van der Waals surface area contributed by atoms with Gasteiger partial charge in [-0.25, -0.2) is 0 Å². The van der Waals surface area contributed by atoms with Gasteiger partial charge in [-0.1, -0.05) is 37.0 Å². The summed E-state index contributed by atoms with van der Waals surface area (Å²) >= 11 is 12.0. The molecule has 2 rings (SSSR count). The zero-order valence-electron chi connectivity index (χ0n) is 17.8. The van der Waals surface area contributed by atoms with Crippen LogP contribution in [-0.2, 0) is 14.1 Å². The number of hydrogen-bond acceptors (Lipinski definition) is 5. The highest BCUT2D eigenvalue weighted by molar-refractivity contribution is 6.47. The first-order valence-electron chi connectivity index (χ1n) is 10.2. The summed E-state index contributed by atoms with van der Waals surface area (Å²) in [6, 6.07) is 4.60. The van der Waals surface area contributed by atoms with Crippen LogP contribution in [0.2, 0.25) is 10.0 Å². The molecule has 1 aromatic carbocycles. The van der Waals surface area contributed by atoms with Crippen LogP contribution in [0, 0.1) is 5.92 Å². The van der Waals surface area contributed by atoms with Crippen LogP contribution < -0.4 is 16.0 Å². The lowest BCUT2D eigenvalue weighted by Crippen LogP contribution is -2.56.